The summed E-state index contributed by atoms with van der Waals surface area (Å²) in [6.07, 6.45) is 1.44. The maximum atomic E-state index is 10.7. The molecule has 0 aliphatic carbocycles. The molecule has 0 aliphatic rings. The number of nitrogens with zero attached hydrogens (tertiary/aromatic N) is 3. The van der Waals surface area contributed by atoms with Gasteiger partial charge < -0.3 is 5.43 Å². The number of aromatic nitrogens is 2. The third-order valence-electron chi connectivity index (χ3n) is 1.82. The molecule has 2 rings (SSSR count). The van der Waals surface area contributed by atoms with Crippen LogP contribution in [0.15, 0.2) is 33.8 Å². The van der Waals surface area contributed by atoms with Crippen molar-refractivity contribution in [1.29, 1.82) is 0 Å². The number of anilines is 1. The van der Waals surface area contributed by atoms with Crippen LogP contribution in [-0.2, 0) is 0 Å². The van der Waals surface area contributed by atoms with Crippen molar-refractivity contribution < 1.29 is 4.92 Å². The van der Waals surface area contributed by atoms with Crippen LogP contribution in [0.5, 0.6) is 0 Å². The lowest BCUT2D eigenvalue weighted by molar-refractivity contribution is -0.385. The molecule has 0 amide bonds. The average molecular weight is 269 g/mol. The predicted molar refractivity (Wildman–Crippen MR) is 64.9 cm³/mol. The Bertz CT molecular complexity index is 531. The highest BCUT2D eigenvalue weighted by molar-refractivity contribution is 8.01. The molecule has 2 aromatic rings. The van der Waals surface area contributed by atoms with E-state index < -0.39 is 4.92 Å². The summed E-state index contributed by atoms with van der Waals surface area (Å²) in [6.45, 7) is 0. The van der Waals surface area contributed by atoms with Crippen molar-refractivity contribution in [1.82, 2.24) is 9.36 Å². The van der Waals surface area contributed by atoms with Gasteiger partial charge in [0.25, 0.3) is 5.69 Å². The van der Waals surface area contributed by atoms with Crippen LogP contribution in [0.25, 0.3) is 0 Å². The van der Waals surface area contributed by atoms with Gasteiger partial charge in [0.2, 0.25) is 0 Å². The zero-order valence-electron chi connectivity index (χ0n) is 8.36. The number of hydrogen-bond donors (Lipinski definition) is 2. The zero-order chi connectivity index (χ0) is 12.3. The maximum Gasteiger partial charge on any atom is 0.272 e. The fraction of sp³-hybridized carbons (Fsp3) is 0. The Morgan fingerprint density at radius 1 is 1.47 bits per heavy atom. The number of hydrogen-bond acceptors (Lipinski definition) is 8. The summed E-state index contributed by atoms with van der Waals surface area (Å²) < 4.78 is 4.57. The van der Waals surface area contributed by atoms with E-state index in [0.717, 1.165) is 0 Å². The van der Waals surface area contributed by atoms with Gasteiger partial charge in [-0.15, -0.1) is 0 Å². The highest BCUT2D eigenvalue weighted by Gasteiger charge is 2.11. The minimum Gasteiger partial charge on any atom is -0.324 e. The van der Waals surface area contributed by atoms with Gasteiger partial charge in [0.15, 0.2) is 4.34 Å². The molecule has 3 N–H and O–H groups in total. The summed E-state index contributed by atoms with van der Waals surface area (Å²) in [7, 11) is 0. The van der Waals surface area contributed by atoms with E-state index in [1.165, 1.54) is 41.8 Å². The Morgan fingerprint density at radius 3 is 2.88 bits per heavy atom. The van der Waals surface area contributed by atoms with Crippen molar-refractivity contribution >= 4 is 34.7 Å². The minimum absolute atomic E-state index is 0.0209. The van der Waals surface area contributed by atoms with Gasteiger partial charge in [-0.25, -0.2) is 4.98 Å². The number of hydrazine groups is 1. The molecule has 88 valence electrons. The largest absolute Gasteiger partial charge is 0.324 e. The third kappa shape index (κ3) is 2.90. The smallest absolute Gasteiger partial charge is 0.272 e. The zero-order valence-corrected chi connectivity index (χ0v) is 9.99. The fourth-order valence-electron chi connectivity index (χ4n) is 1.14. The lowest BCUT2D eigenvalue weighted by atomic mass is 10.3. The van der Waals surface area contributed by atoms with Gasteiger partial charge in [0, 0.05) is 17.0 Å². The fourth-order valence-corrected chi connectivity index (χ4v) is 2.65. The van der Waals surface area contributed by atoms with Crippen LogP contribution >= 0.6 is 23.3 Å². The number of nitro groups is 1. The molecule has 0 radical (unpaired) electrons. The van der Waals surface area contributed by atoms with Crippen LogP contribution in [0.2, 0.25) is 0 Å². The Labute approximate surface area is 104 Å². The Kier molecular flexibility index (Phi) is 3.52. The molecule has 0 unspecified atom stereocenters. The second-order valence-electron chi connectivity index (χ2n) is 2.93. The molecule has 0 spiro atoms. The number of rotatable bonds is 4. The first-order chi connectivity index (χ1) is 8.19. The van der Waals surface area contributed by atoms with Crippen LogP contribution in [0.4, 0.5) is 11.4 Å². The van der Waals surface area contributed by atoms with Crippen LogP contribution in [0, 0.1) is 10.1 Å². The van der Waals surface area contributed by atoms with Crippen LogP contribution < -0.4 is 11.3 Å². The van der Waals surface area contributed by atoms with Crippen molar-refractivity contribution in [2.75, 3.05) is 5.43 Å². The second kappa shape index (κ2) is 5.08. The number of non-ortho nitro benzene ring substituents is 1. The van der Waals surface area contributed by atoms with Crippen LogP contribution in [0.3, 0.4) is 0 Å². The molecule has 1 aromatic carbocycles. The lowest BCUT2D eigenvalue weighted by Crippen LogP contribution is -2.07. The summed E-state index contributed by atoms with van der Waals surface area (Å²) >= 11 is 2.53. The topological polar surface area (TPSA) is 107 Å². The first-order valence-electron chi connectivity index (χ1n) is 4.39. The van der Waals surface area contributed by atoms with Crippen molar-refractivity contribution in [3.63, 3.8) is 0 Å². The van der Waals surface area contributed by atoms with Gasteiger partial charge >= 0.3 is 0 Å². The number of nitrogens with two attached hydrogens (primary N) is 1. The van der Waals surface area contributed by atoms with Gasteiger partial charge in [-0.3, -0.25) is 16.0 Å². The van der Waals surface area contributed by atoms with Gasteiger partial charge in [-0.1, -0.05) is 11.8 Å². The van der Waals surface area contributed by atoms with Crippen LogP contribution in [0.1, 0.15) is 0 Å². The van der Waals surface area contributed by atoms with E-state index in [4.69, 9.17) is 5.84 Å². The normalized spacial score (nSPS) is 10.2. The van der Waals surface area contributed by atoms with E-state index >= 15 is 0 Å². The number of benzene rings is 1. The Hall–Kier alpha value is -1.71. The molecule has 1 heterocycles. The highest BCUT2D eigenvalue weighted by Crippen LogP contribution is 2.32. The highest BCUT2D eigenvalue weighted by atomic mass is 32.2. The van der Waals surface area contributed by atoms with E-state index in [0.29, 0.717) is 14.9 Å². The van der Waals surface area contributed by atoms with Gasteiger partial charge in [-0.2, -0.15) is 4.37 Å². The minimum atomic E-state index is -0.467. The van der Waals surface area contributed by atoms with Crippen molar-refractivity contribution in [3.05, 3.63) is 34.6 Å². The van der Waals surface area contributed by atoms with Crippen molar-refractivity contribution in [2.24, 2.45) is 5.84 Å². The van der Waals surface area contributed by atoms with Crippen LogP contribution in [-0.4, -0.2) is 14.3 Å². The molecule has 0 saturated heterocycles. The molecule has 0 fully saturated rings. The number of nitro benzene ring substituents is 1. The third-order valence-corrected chi connectivity index (χ3v) is 3.50. The molecule has 0 aliphatic heterocycles. The summed E-state index contributed by atoms with van der Waals surface area (Å²) in [5.74, 6) is 5.25. The average Bonchev–Trinajstić information content (AvgIpc) is 2.81. The summed E-state index contributed by atoms with van der Waals surface area (Å²) in [5.41, 5.74) is 2.85. The number of nitrogen functional groups attached to an aromatic ring is 1. The van der Waals surface area contributed by atoms with E-state index in [-0.39, 0.29) is 5.69 Å². The molecule has 0 atom stereocenters. The first kappa shape index (κ1) is 11.8. The molecule has 0 bridgehead atoms. The molecular weight excluding hydrogens is 262 g/mol. The van der Waals surface area contributed by atoms with Gasteiger partial charge in [0.1, 0.15) is 6.33 Å². The van der Waals surface area contributed by atoms with E-state index in [9.17, 15) is 10.1 Å². The second-order valence-corrected chi connectivity index (χ2v) is 5.03. The maximum absolute atomic E-state index is 10.7. The lowest BCUT2D eigenvalue weighted by Gasteiger charge is -2.03. The SMILES string of the molecule is NNc1cc(Sc2ncns2)cc([N+](=O)[O-])c1. The Balaban J connectivity index is 2.33. The molecule has 9 heteroatoms. The quantitative estimate of drug-likeness (QED) is 0.495. The van der Waals surface area contributed by atoms with Gasteiger partial charge in [0.05, 0.1) is 10.6 Å². The Morgan fingerprint density at radius 2 is 2.29 bits per heavy atom. The predicted octanol–water partition coefficient (Wildman–Crippen LogP) is 1.88. The molecule has 17 heavy (non-hydrogen) atoms. The van der Waals surface area contributed by atoms with E-state index in [1.807, 2.05) is 0 Å². The number of nitrogens with one attached hydrogen (secondary N) is 1. The van der Waals surface area contributed by atoms with Crippen molar-refractivity contribution in [3.8, 4) is 0 Å². The molecular formula is C8H7N5O2S2. The molecule has 7 nitrogen and oxygen atoms in total. The monoisotopic (exact) mass is 269 g/mol. The van der Waals surface area contributed by atoms with Gasteiger partial charge in [-0.05, 0) is 17.6 Å². The molecule has 1 aromatic heterocycles. The standard InChI is InChI=1S/C8H7N5O2S2/c9-12-5-1-6(13(14)15)3-7(2-5)16-8-10-4-11-17-8/h1-4,12H,9H2. The van der Waals surface area contributed by atoms with E-state index in [1.54, 1.807) is 6.07 Å². The summed E-state index contributed by atoms with van der Waals surface area (Å²) in [5, 5.41) is 10.7. The summed E-state index contributed by atoms with van der Waals surface area (Å²) in [6, 6.07) is 4.54. The van der Waals surface area contributed by atoms with E-state index in [2.05, 4.69) is 14.8 Å². The molecule has 0 saturated carbocycles. The first-order valence-corrected chi connectivity index (χ1v) is 5.98. The summed E-state index contributed by atoms with van der Waals surface area (Å²) in [4.78, 5) is 14.9. The van der Waals surface area contributed by atoms with Crippen molar-refractivity contribution in [2.45, 2.75) is 9.24 Å².